The molecule has 0 radical (unpaired) electrons. The van der Waals surface area contributed by atoms with Crippen molar-refractivity contribution in [2.45, 2.75) is 12.4 Å². The Morgan fingerprint density at radius 2 is 1.31 bits per heavy atom. The quantitative estimate of drug-likeness (QED) is 0.175. The molecule has 0 fully saturated rings. The van der Waals surface area contributed by atoms with E-state index >= 15 is 0 Å². The summed E-state index contributed by atoms with van der Waals surface area (Å²) < 4.78 is 79.0. The molecule has 3 aromatic carbocycles. The molecule has 0 spiro atoms. The van der Waals surface area contributed by atoms with Crippen LogP contribution in [0.4, 0.5) is 26.3 Å². The molecule has 0 aliphatic rings. The van der Waals surface area contributed by atoms with Gasteiger partial charge in [-0.3, -0.25) is 0 Å². The van der Waals surface area contributed by atoms with Crippen molar-refractivity contribution in [1.29, 1.82) is 0 Å². The SMILES string of the molecule is [O-][n+]1c(-c2cc(C(F)(F)F)cc(C(F)(F)F)c2)cnc2cc3ccccc3cc21. The van der Waals surface area contributed by atoms with Gasteiger partial charge in [0.1, 0.15) is 11.7 Å². The fourth-order valence-electron chi connectivity index (χ4n) is 3.09. The van der Waals surface area contributed by atoms with E-state index < -0.39 is 34.7 Å². The smallest absolute Gasteiger partial charge is 0.416 e. The van der Waals surface area contributed by atoms with Crippen molar-refractivity contribution in [3.8, 4) is 11.3 Å². The summed E-state index contributed by atoms with van der Waals surface area (Å²) in [6, 6.07) is 11.2. The molecule has 0 saturated heterocycles. The molecule has 29 heavy (non-hydrogen) atoms. The van der Waals surface area contributed by atoms with Crippen molar-refractivity contribution in [3.63, 3.8) is 0 Å². The van der Waals surface area contributed by atoms with Gasteiger partial charge in [-0.2, -0.15) is 31.1 Å². The van der Waals surface area contributed by atoms with Gasteiger partial charge in [-0.25, -0.2) is 4.98 Å². The highest BCUT2D eigenvalue weighted by atomic mass is 19.4. The largest absolute Gasteiger partial charge is 0.618 e. The third kappa shape index (κ3) is 3.43. The molecule has 0 unspecified atom stereocenters. The minimum absolute atomic E-state index is 0.0145. The van der Waals surface area contributed by atoms with Gasteiger partial charge in [0.05, 0.1) is 16.7 Å². The number of benzene rings is 3. The first-order valence-electron chi connectivity index (χ1n) is 8.25. The predicted molar refractivity (Wildman–Crippen MR) is 93.6 cm³/mol. The van der Waals surface area contributed by atoms with Crippen LogP contribution in [0.25, 0.3) is 33.1 Å². The first-order chi connectivity index (χ1) is 13.5. The van der Waals surface area contributed by atoms with Crippen LogP contribution in [-0.2, 0) is 12.4 Å². The van der Waals surface area contributed by atoms with E-state index in [1.165, 1.54) is 6.07 Å². The summed E-state index contributed by atoms with van der Waals surface area (Å²) in [6.07, 6.45) is -9.05. The Bertz CT molecular complexity index is 1220. The number of alkyl halides is 6. The summed E-state index contributed by atoms with van der Waals surface area (Å²) in [4.78, 5) is 4.07. The summed E-state index contributed by atoms with van der Waals surface area (Å²) >= 11 is 0. The molecular formula is C20H10F6N2O. The molecule has 1 aromatic heterocycles. The van der Waals surface area contributed by atoms with E-state index in [9.17, 15) is 31.5 Å². The van der Waals surface area contributed by atoms with Crippen molar-refractivity contribution in [2.75, 3.05) is 0 Å². The van der Waals surface area contributed by atoms with Crippen LogP contribution in [0.15, 0.2) is 60.8 Å². The van der Waals surface area contributed by atoms with Crippen molar-refractivity contribution >= 4 is 21.8 Å². The minimum Gasteiger partial charge on any atom is -0.618 e. The minimum atomic E-state index is -5.01. The third-order valence-corrected chi connectivity index (χ3v) is 4.49. The Balaban J connectivity index is 1.98. The molecule has 0 saturated carbocycles. The highest BCUT2D eigenvalue weighted by Crippen LogP contribution is 2.38. The van der Waals surface area contributed by atoms with Crippen molar-refractivity contribution in [3.05, 3.63) is 77.1 Å². The number of rotatable bonds is 1. The van der Waals surface area contributed by atoms with E-state index in [0.29, 0.717) is 22.2 Å². The zero-order valence-corrected chi connectivity index (χ0v) is 14.3. The van der Waals surface area contributed by atoms with Crippen LogP contribution in [0.3, 0.4) is 0 Å². The van der Waals surface area contributed by atoms with Gasteiger partial charge in [-0.1, -0.05) is 24.3 Å². The monoisotopic (exact) mass is 408 g/mol. The maximum Gasteiger partial charge on any atom is 0.416 e. The van der Waals surface area contributed by atoms with Crippen molar-refractivity contribution < 1.29 is 31.1 Å². The lowest BCUT2D eigenvalue weighted by Gasteiger charge is -2.14. The molecule has 0 aliphatic heterocycles. The van der Waals surface area contributed by atoms with E-state index in [1.54, 1.807) is 30.3 Å². The summed E-state index contributed by atoms with van der Waals surface area (Å²) in [7, 11) is 0. The molecule has 9 heteroatoms. The van der Waals surface area contributed by atoms with Crippen LogP contribution in [0.2, 0.25) is 0 Å². The van der Waals surface area contributed by atoms with Gasteiger partial charge < -0.3 is 5.21 Å². The molecule has 0 bridgehead atoms. The number of nitrogens with zero attached hydrogens (tertiary/aromatic N) is 2. The normalized spacial score (nSPS) is 12.6. The first-order valence-corrected chi connectivity index (χ1v) is 8.25. The molecule has 4 aromatic rings. The lowest BCUT2D eigenvalue weighted by atomic mass is 10.0. The van der Waals surface area contributed by atoms with Gasteiger partial charge in [0, 0.05) is 6.07 Å². The lowest BCUT2D eigenvalue weighted by molar-refractivity contribution is -0.565. The Kier molecular flexibility index (Phi) is 4.14. The fourth-order valence-corrected chi connectivity index (χ4v) is 3.09. The Labute approximate surface area is 159 Å². The average Bonchev–Trinajstić information content (AvgIpc) is 2.65. The molecule has 1 heterocycles. The number of aromatic nitrogens is 2. The topological polar surface area (TPSA) is 39.8 Å². The van der Waals surface area contributed by atoms with Crippen LogP contribution < -0.4 is 4.73 Å². The van der Waals surface area contributed by atoms with Crippen LogP contribution in [0.1, 0.15) is 11.1 Å². The van der Waals surface area contributed by atoms with Gasteiger partial charge in [0.15, 0.2) is 0 Å². The second kappa shape index (κ2) is 6.33. The summed E-state index contributed by atoms with van der Waals surface area (Å²) in [5.74, 6) is 0. The fraction of sp³-hybridized carbons (Fsp3) is 0.100. The van der Waals surface area contributed by atoms with E-state index in [0.717, 1.165) is 11.6 Å². The van der Waals surface area contributed by atoms with Gasteiger partial charge >= 0.3 is 12.4 Å². The van der Waals surface area contributed by atoms with E-state index in [2.05, 4.69) is 4.98 Å². The van der Waals surface area contributed by atoms with Crippen molar-refractivity contribution in [1.82, 2.24) is 4.98 Å². The average molecular weight is 408 g/mol. The molecule has 4 rings (SSSR count). The Morgan fingerprint density at radius 1 is 0.759 bits per heavy atom. The van der Waals surface area contributed by atoms with E-state index in [4.69, 9.17) is 0 Å². The Morgan fingerprint density at radius 3 is 1.86 bits per heavy atom. The molecule has 0 N–H and O–H groups in total. The molecule has 0 amide bonds. The molecular weight excluding hydrogens is 398 g/mol. The molecule has 0 aliphatic carbocycles. The zero-order chi connectivity index (χ0) is 21.0. The lowest BCUT2D eigenvalue weighted by Crippen LogP contribution is -2.31. The standard InChI is InChI=1S/C20H10F6N2O/c21-19(22,23)14-5-13(6-15(9-14)20(24,25)26)18-10-27-16-7-11-3-1-2-4-12(11)8-17(16)28(18)29/h1-10H. The van der Waals surface area contributed by atoms with Crippen LogP contribution in [-0.4, -0.2) is 4.98 Å². The van der Waals surface area contributed by atoms with Crippen molar-refractivity contribution in [2.24, 2.45) is 0 Å². The summed E-state index contributed by atoms with van der Waals surface area (Å²) in [6.45, 7) is 0. The first kappa shape index (κ1) is 19.0. The summed E-state index contributed by atoms with van der Waals surface area (Å²) in [5.41, 5.74) is -3.63. The van der Waals surface area contributed by atoms with Gasteiger partial charge in [0.2, 0.25) is 11.2 Å². The highest BCUT2D eigenvalue weighted by molar-refractivity contribution is 5.93. The third-order valence-electron chi connectivity index (χ3n) is 4.49. The number of fused-ring (bicyclic) bond motifs is 2. The number of hydrogen-bond acceptors (Lipinski definition) is 2. The maximum absolute atomic E-state index is 13.1. The van der Waals surface area contributed by atoms with Gasteiger partial charge in [-0.05, 0) is 35.0 Å². The number of hydrogen-bond donors (Lipinski definition) is 0. The van der Waals surface area contributed by atoms with Crippen LogP contribution >= 0.6 is 0 Å². The summed E-state index contributed by atoms with van der Waals surface area (Å²) in [5, 5.41) is 14.3. The maximum atomic E-state index is 13.1. The number of halogens is 6. The zero-order valence-electron chi connectivity index (χ0n) is 14.3. The highest BCUT2D eigenvalue weighted by Gasteiger charge is 2.37. The van der Waals surface area contributed by atoms with Crippen LogP contribution in [0.5, 0.6) is 0 Å². The Hall–Kier alpha value is -3.36. The van der Waals surface area contributed by atoms with E-state index in [1.807, 2.05) is 0 Å². The second-order valence-corrected chi connectivity index (χ2v) is 6.42. The predicted octanol–water partition coefficient (Wildman–Crippen LogP) is 5.73. The molecule has 148 valence electrons. The second-order valence-electron chi connectivity index (χ2n) is 6.42. The van der Waals surface area contributed by atoms with E-state index in [-0.39, 0.29) is 17.1 Å². The van der Waals surface area contributed by atoms with Gasteiger partial charge in [0.25, 0.3) is 0 Å². The van der Waals surface area contributed by atoms with Crippen LogP contribution in [0, 0.1) is 5.21 Å². The molecule has 3 nitrogen and oxygen atoms in total. The van der Waals surface area contributed by atoms with Gasteiger partial charge in [-0.15, -0.1) is 0 Å². The molecule has 0 atom stereocenters.